The number of halogens is 3. The molecule has 0 spiro atoms. The Labute approximate surface area is 229 Å². The van der Waals surface area contributed by atoms with Gasteiger partial charge < -0.3 is 20.3 Å². The van der Waals surface area contributed by atoms with Crippen LogP contribution in [0.1, 0.15) is 24.8 Å². The first-order valence-corrected chi connectivity index (χ1v) is 14.0. The number of benzene rings is 2. The molecular formula is C28H30F3N5O2S. The normalized spacial score (nSPS) is 17.2. The van der Waals surface area contributed by atoms with Crippen molar-refractivity contribution in [3.05, 3.63) is 53.9 Å². The summed E-state index contributed by atoms with van der Waals surface area (Å²) < 4.78 is 49.6. The maximum Gasteiger partial charge on any atom is 0.319 e. The molecule has 3 heterocycles. The zero-order valence-electron chi connectivity index (χ0n) is 21.7. The summed E-state index contributed by atoms with van der Waals surface area (Å²) in [4.78, 5) is 23.3. The van der Waals surface area contributed by atoms with E-state index in [0.717, 1.165) is 36.5 Å². The van der Waals surface area contributed by atoms with Crippen molar-refractivity contribution in [1.29, 1.82) is 0 Å². The molecule has 0 saturated carbocycles. The average molecular weight is 558 g/mol. The zero-order chi connectivity index (χ0) is 27.5. The molecule has 2 N–H and O–H groups in total. The third-order valence-corrected chi connectivity index (χ3v) is 8.37. The molecule has 1 amide bonds. The van der Waals surface area contributed by atoms with E-state index in [1.807, 2.05) is 7.05 Å². The molecule has 5 rings (SSSR count). The fraction of sp³-hybridized carbons (Fsp3) is 0.393. The van der Waals surface area contributed by atoms with Gasteiger partial charge in [0.25, 0.3) is 5.91 Å². The number of carbonyl (C=O) groups is 1. The number of hydrogen-bond acceptors (Lipinski definition) is 7. The lowest BCUT2D eigenvalue weighted by Gasteiger charge is -2.21. The van der Waals surface area contributed by atoms with E-state index in [1.165, 1.54) is 17.8 Å². The molecule has 2 aromatic carbocycles. The molecule has 1 fully saturated rings. The molecule has 2 aliphatic heterocycles. The Kier molecular flexibility index (Phi) is 8.27. The number of likely N-dealkylation sites (tertiary alicyclic amines) is 1. The third-order valence-electron chi connectivity index (χ3n) is 7.12. The number of ether oxygens (including phenoxy) is 1. The molecular weight excluding hydrogens is 527 g/mol. The van der Waals surface area contributed by atoms with Gasteiger partial charge in [-0.1, -0.05) is 18.7 Å². The molecule has 3 aromatic rings. The van der Waals surface area contributed by atoms with Crippen molar-refractivity contribution < 1.29 is 22.7 Å². The first-order chi connectivity index (χ1) is 18.8. The highest BCUT2D eigenvalue weighted by molar-refractivity contribution is 7.99. The minimum absolute atomic E-state index is 0.0260. The van der Waals surface area contributed by atoms with Gasteiger partial charge in [-0.15, -0.1) is 11.8 Å². The highest BCUT2D eigenvalue weighted by Gasteiger charge is 2.24. The van der Waals surface area contributed by atoms with Gasteiger partial charge in [-0.2, -0.15) is 9.97 Å². The van der Waals surface area contributed by atoms with Crippen molar-refractivity contribution in [2.45, 2.75) is 36.6 Å². The first kappa shape index (κ1) is 27.3. The van der Waals surface area contributed by atoms with E-state index in [0.29, 0.717) is 40.9 Å². The number of nitrogens with one attached hydrogen (secondary N) is 2. The number of nitrogens with zero attached hydrogens (tertiary/aromatic N) is 3. The Morgan fingerprint density at radius 1 is 1.18 bits per heavy atom. The van der Waals surface area contributed by atoms with Crippen molar-refractivity contribution >= 4 is 34.4 Å². The Balaban J connectivity index is 1.50. The highest BCUT2D eigenvalue weighted by Crippen LogP contribution is 2.42. The summed E-state index contributed by atoms with van der Waals surface area (Å²) in [6, 6.07) is 6.62. The fourth-order valence-corrected chi connectivity index (χ4v) is 6.20. The SMILES string of the molecule is C=C(F)C(=O)NCCNc1nc(OC[C@@H]2CCCN2C)nc2c(F)c(-c3ccc(F)c4c3SCCC4)ccc12. The lowest BCUT2D eigenvalue weighted by molar-refractivity contribution is -0.118. The highest BCUT2D eigenvalue weighted by atomic mass is 32.2. The van der Waals surface area contributed by atoms with Crippen LogP contribution in [0.25, 0.3) is 22.0 Å². The van der Waals surface area contributed by atoms with Crippen LogP contribution in [-0.2, 0) is 11.2 Å². The van der Waals surface area contributed by atoms with Crippen LogP contribution in [-0.4, -0.2) is 65.9 Å². The molecule has 39 heavy (non-hydrogen) atoms. The van der Waals surface area contributed by atoms with Crippen LogP contribution >= 0.6 is 11.8 Å². The smallest absolute Gasteiger partial charge is 0.319 e. The molecule has 0 unspecified atom stereocenters. The summed E-state index contributed by atoms with van der Waals surface area (Å²) in [7, 11) is 2.03. The first-order valence-electron chi connectivity index (χ1n) is 13.0. The average Bonchev–Trinajstić information content (AvgIpc) is 3.35. The Morgan fingerprint density at radius 2 is 2.00 bits per heavy atom. The number of rotatable bonds is 9. The Bertz CT molecular complexity index is 1420. The topological polar surface area (TPSA) is 79.4 Å². The number of thioether (sulfide) groups is 1. The maximum absolute atomic E-state index is 16.2. The van der Waals surface area contributed by atoms with E-state index in [9.17, 15) is 13.6 Å². The van der Waals surface area contributed by atoms with E-state index < -0.39 is 17.6 Å². The van der Waals surface area contributed by atoms with Crippen molar-refractivity contribution in [3.63, 3.8) is 0 Å². The van der Waals surface area contributed by atoms with Gasteiger partial charge in [0.1, 0.15) is 23.8 Å². The largest absolute Gasteiger partial charge is 0.462 e. The van der Waals surface area contributed by atoms with E-state index in [2.05, 4.69) is 32.1 Å². The van der Waals surface area contributed by atoms with E-state index in [4.69, 9.17) is 4.74 Å². The lowest BCUT2D eigenvalue weighted by Crippen LogP contribution is -2.31. The van der Waals surface area contributed by atoms with Crippen LogP contribution in [0.2, 0.25) is 0 Å². The van der Waals surface area contributed by atoms with E-state index in [-0.39, 0.29) is 36.5 Å². The van der Waals surface area contributed by atoms with Crippen LogP contribution in [0.3, 0.4) is 0 Å². The number of amides is 1. The maximum atomic E-state index is 16.2. The summed E-state index contributed by atoms with van der Waals surface area (Å²) in [5.41, 5.74) is 1.65. The van der Waals surface area contributed by atoms with Gasteiger partial charge in [0, 0.05) is 40.5 Å². The number of hydrogen-bond donors (Lipinski definition) is 2. The van der Waals surface area contributed by atoms with Gasteiger partial charge in [-0.25, -0.2) is 13.2 Å². The van der Waals surface area contributed by atoms with Crippen molar-refractivity contribution in [1.82, 2.24) is 20.2 Å². The molecule has 0 radical (unpaired) electrons. The second-order valence-corrected chi connectivity index (χ2v) is 10.8. The predicted molar refractivity (Wildman–Crippen MR) is 147 cm³/mol. The van der Waals surface area contributed by atoms with E-state index in [1.54, 1.807) is 18.2 Å². The molecule has 1 saturated heterocycles. The number of carbonyl (C=O) groups excluding carboxylic acids is 1. The molecule has 1 aromatic heterocycles. The quantitative estimate of drug-likeness (QED) is 0.280. The van der Waals surface area contributed by atoms with Gasteiger partial charge in [0.2, 0.25) is 0 Å². The standard InChI is InChI=1S/C28H30F3N5O2S/c1-16(29)27(37)33-12-11-32-26-21-8-7-18(19-9-10-22(30)20-6-4-14-39-25(19)20)23(31)24(21)34-28(35-26)38-15-17-5-3-13-36(17)2/h7-10,17H,1,3-6,11-15H2,2H3,(H,33,37)(H,32,34,35)/t17-/m0/s1. The summed E-state index contributed by atoms with van der Waals surface area (Å²) in [6.45, 7) is 4.60. The van der Waals surface area contributed by atoms with Crippen molar-refractivity contribution in [2.24, 2.45) is 0 Å². The number of likely N-dealkylation sites (N-methyl/N-ethyl adjacent to an activating group) is 1. The molecule has 2 aliphatic rings. The number of fused-ring (bicyclic) bond motifs is 2. The van der Waals surface area contributed by atoms with Gasteiger partial charge in [-0.05, 0) is 62.7 Å². The van der Waals surface area contributed by atoms with Crippen LogP contribution in [0.5, 0.6) is 6.01 Å². The molecule has 206 valence electrons. The summed E-state index contributed by atoms with van der Waals surface area (Å²) >= 11 is 1.54. The number of anilines is 1. The Morgan fingerprint density at radius 3 is 2.77 bits per heavy atom. The molecule has 0 aliphatic carbocycles. The minimum Gasteiger partial charge on any atom is -0.462 e. The summed E-state index contributed by atoms with van der Waals surface area (Å²) in [5, 5.41) is 5.89. The predicted octanol–water partition coefficient (Wildman–Crippen LogP) is 5.10. The van der Waals surface area contributed by atoms with Gasteiger partial charge in [0.15, 0.2) is 11.6 Å². The second kappa shape index (κ2) is 11.8. The monoisotopic (exact) mass is 557 g/mol. The van der Waals surface area contributed by atoms with Crippen LogP contribution in [0, 0.1) is 11.6 Å². The Hall–Kier alpha value is -3.31. The van der Waals surface area contributed by atoms with Crippen molar-refractivity contribution in [3.8, 4) is 17.1 Å². The molecule has 11 heteroatoms. The zero-order valence-corrected chi connectivity index (χ0v) is 22.5. The third kappa shape index (κ3) is 5.84. The second-order valence-electron chi connectivity index (χ2n) is 9.71. The lowest BCUT2D eigenvalue weighted by atomic mass is 9.98. The fourth-order valence-electron chi connectivity index (χ4n) is 5.00. The van der Waals surface area contributed by atoms with Crippen molar-refractivity contribution in [2.75, 3.05) is 44.4 Å². The minimum atomic E-state index is -1.08. The van der Waals surface area contributed by atoms with Crippen LogP contribution in [0.15, 0.2) is 41.6 Å². The molecule has 0 bridgehead atoms. The van der Waals surface area contributed by atoms with Gasteiger partial charge >= 0.3 is 6.01 Å². The molecule has 7 nitrogen and oxygen atoms in total. The van der Waals surface area contributed by atoms with E-state index >= 15 is 4.39 Å². The van der Waals surface area contributed by atoms with Gasteiger partial charge in [-0.3, -0.25) is 4.79 Å². The van der Waals surface area contributed by atoms with Gasteiger partial charge in [0.05, 0.1) is 0 Å². The summed E-state index contributed by atoms with van der Waals surface area (Å²) in [5.74, 6) is -1.63. The summed E-state index contributed by atoms with van der Waals surface area (Å²) in [6.07, 6.45) is 3.55. The number of aromatic nitrogens is 2. The van der Waals surface area contributed by atoms with Crippen LogP contribution in [0.4, 0.5) is 19.0 Å². The molecule has 1 atom stereocenters. The van der Waals surface area contributed by atoms with Crippen LogP contribution < -0.4 is 15.4 Å².